The first-order chi connectivity index (χ1) is 13.0. The summed E-state index contributed by atoms with van der Waals surface area (Å²) in [6.07, 6.45) is 1.49. The predicted molar refractivity (Wildman–Crippen MR) is 104 cm³/mol. The highest BCUT2D eigenvalue weighted by Crippen LogP contribution is 2.26. The number of nitrogens with zero attached hydrogens (tertiary/aromatic N) is 2. The monoisotopic (exact) mass is 376 g/mol. The van der Waals surface area contributed by atoms with E-state index >= 15 is 0 Å². The minimum atomic E-state index is -3.90. The standard InChI is InChI=1S/C21H16N2O3S/c1-15-12-19-18(14-22-15)20(24)13-21(23(19)16-8-4-2-5-9-16)27(25,26)17-10-6-3-7-11-17/h2-14H,1H3. The molecule has 4 rings (SSSR count). The van der Waals surface area contributed by atoms with Crippen LogP contribution in [0.25, 0.3) is 16.6 Å². The van der Waals surface area contributed by atoms with Crippen molar-refractivity contribution in [2.24, 2.45) is 0 Å². The molecule has 2 aromatic heterocycles. The molecule has 0 amide bonds. The summed E-state index contributed by atoms with van der Waals surface area (Å²) in [6.45, 7) is 1.80. The molecule has 0 saturated heterocycles. The number of rotatable bonds is 3. The van der Waals surface area contributed by atoms with E-state index in [1.54, 1.807) is 35.8 Å². The predicted octanol–water partition coefficient (Wildman–Crippen LogP) is 3.53. The summed E-state index contributed by atoms with van der Waals surface area (Å²) in [7, 11) is -3.90. The van der Waals surface area contributed by atoms with Crippen molar-refractivity contribution in [3.8, 4) is 5.69 Å². The third kappa shape index (κ3) is 2.94. The van der Waals surface area contributed by atoms with Gasteiger partial charge in [-0.25, -0.2) is 8.42 Å². The highest BCUT2D eigenvalue weighted by Gasteiger charge is 2.24. The largest absolute Gasteiger partial charge is 0.300 e. The molecule has 0 aliphatic carbocycles. The molecule has 0 radical (unpaired) electrons. The van der Waals surface area contributed by atoms with Crippen LogP contribution in [0, 0.1) is 6.92 Å². The van der Waals surface area contributed by atoms with Crippen molar-refractivity contribution in [2.75, 3.05) is 0 Å². The van der Waals surface area contributed by atoms with Crippen molar-refractivity contribution < 1.29 is 8.42 Å². The number of hydrogen-bond donors (Lipinski definition) is 0. The Hall–Kier alpha value is -3.25. The van der Waals surface area contributed by atoms with E-state index < -0.39 is 9.84 Å². The fourth-order valence-electron chi connectivity index (χ4n) is 3.05. The van der Waals surface area contributed by atoms with Gasteiger partial charge in [-0.3, -0.25) is 14.3 Å². The van der Waals surface area contributed by atoms with E-state index in [1.807, 2.05) is 30.3 Å². The first-order valence-electron chi connectivity index (χ1n) is 8.36. The molecule has 0 fully saturated rings. The lowest BCUT2D eigenvalue weighted by atomic mass is 10.2. The second-order valence-electron chi connectivity index (χ2n) is 6.18. The van der Waals surface area contributed by atoms with E-state index in [4.69, 9.17) is 0 Å². The summed E-state index contributed by atoms with van der Waals surface area (Å²) < 4.78 is 28.3. The Morgan fingerprint density at radius 2 is 1.52 bits per heavy atom. The van der Waals surface area contributed by atoms with Gasteiger partial charge in [0, 0.05) is 23.6 Å². The molecule has 0 atom stereocenters. The molecule has 0 saturated carbocycles. The molecule has 0 unspecified atom stereocenters. The lowest BCUT2D eigenvalue weighted by molar-refractivity contribution is 0.589. The molecule has 2 heterocycles. The second kappa shape index (κ2) is 6.48. The number of benzene rings is 2. The topological polar surface area (TPSA) is 69.0 Å². The van der Waals surface area contributed by atoms with Crippen molar-refractivity contribution in [3.63, 3.8) is 0 Å². The summed E-state index contributed by atoms with van der Waals surface area (Å²) in [5.41, 5.74) is 1.48. The average Bonchev–Trinajstić information content (AvgIpc) is 2.69. The first-order valence-corrected chi connectivity index (χ1v) is 9.85. The van der Waals surface area contributed by atoms with Gasteiger partial charge in [-0.15, -0.1) is 0 Å². The van der Waals surface area contributed by atoms with Crippen LogP contribution in [0.1, 0.15) is 5.69 Å². The molecule has 0 N–H and O–H groups in total. The fourth-order valence-corrected chi connectivity index (χ4v) is 4.52. The van der Waals surface area contributed by atoms with Crippen molar-refractivity contribution in [1.82, 2.24) is 9.55 Å². The normalized spacial score (nSPS) is 11.6. The molecule has 134 valence electrons. The summed E-state index contributed by atoms with van der Waals surface area (Å²) in [4.78, 5) is 17.0. The molecule has 4 aromatic rings. The zero-order chi connectivity index (χ0) is 19.0. The van der Waals surface area contributed by atoms with Gasteiger partial charge in [0.1, 0.15) is 5.03 Å². The maximum absolute atomic E-state index is 13.3. The van der Waals surface area contributed by atoms with Crippen molar-refractivity contribution >= 4 is 20.7 Å². The Morgan fingerprint density at radius 1 is 0.889 bits per heavy atom. The highest BCUT2D eigenvalue weighted by atomic mass is 32.2. The molecular weight excluding hydrogens is 360 g/mol. The van der Waals surface area contributed by atoms with E-state index in [2.05, 4.69) is 4.98 Å². The lowest BCUT2D eigenvalue weighted by Gasteiger charge is -2.17. The van der Waals surface area contributed by atoms with Crippen LogP contribution in [0.4, 0.5) is 0 Å². The lowest BCUT2D eigenvalue weighted by Crippen LogP contribution is -2.18. The number of aromatic nitrogens is 2. The van der Waals surface area contributed by atoms with Gasteiger partial charge in [0.25, 0.3) is 0 Å². The van der Waals surface area contributed by atoms with Gasteiger partial charge in [-0.1, -0.05) is 36.4 Å². The summed E-state index contributed by atoms with van der Waals surface area (Å²) in [5.74, 6) is 0. The average molecular weight is 376 g/mol. The van der Waals surface area contributed by atoms with E-state index in [0.29, 0.717) is 22.3 Å². The van der Waals surface area contributed by atoms with Crippen LogP contribution in [0.15, 0.2) is 93.7 Å². The Labute approximate surface area is 156 Å². The minimum absolute atomic E-state index is 0.0667. The van der Waals surface area contributed by atoms with Gasteiger partial charge in [0.05, 0.1) is 15.8 Å². The number of hydrogen-bond acceptors (Lipinski definition) is 4. The zero-order valence-corrected chi connectivity index (χ0v) is 15.3. The van der Waals surface area contributed by atoms with Crippen LogP contribution in [-0.4, -0.2) is 18.0 Å². The maximum atomic E-state index is 13.3. The molecule has 0 aliphatic rings. The van der Waals surface area contributed by atoms with Crippen LogP contribution in [0.3, 0.4) is 0 Å². The van der Waals surface area contributed by atoms with E-state index in [1.165, 1.54) is 24.4 Å². The summed E-state index contributed by atoms with van der Waals surface area (Å²) in [6, 6.07) is 20.1. The minimum Gasteiger partial charge on any atom is -0.300 e. The number of fused-ring (bicyclic) bond motifs is 1. The fraction of sp³-hybridized carbons (Fsp3) is 0.0476. The third-order valence-corrected chi connectivity index (χ3v) is 6.09. The maximum Gasteiger partial charge on any atom is 0.222 e. The van der Waals surface area contributed by atoms with E-state index in [0.717, 1.165) is 0 Å². The Balaban J connectivity index is 2.17. The molecule has 6 heteroatoms. The quantitative estimate of drug-likeness (QED) is 0.549. The number of aryl methyl sites for hydroxylation is 1. The van der Waals surface area contributed by atoms with Gasteiger partial charge in [0.2, 0.25) is 9.84 Å². The van der Waals surface area contributed by atoms with E-state index in [-0.39, 0.29) is 15.4 Å². The zero-order valence-electron chi connectivity index (χ0n) is 14.5. The van der Waals surface area contributed by atoms with Crippen LogP contribution in [0.2, 0.25) is 0 Å². The van der Waals surface area contributed by atoms with Gasteiger partial charge >= 0.3 is 0 Å². The van der Waals surface area contributed by atoms with Crippen molar-refractivity contribution in [2.45, 2.75) is 16.8 Å². The summed E-state index contributed by atoms with van der Waals surface area (Å²) >= 11 is 0. The van der Waals surface area contributed by atoms with Gasteiger partial charge < -0.3 is 0 Å². The van der Waals surface area contributed by atoms with E-state index in [9.17, 15) is 13.2 Å². The van der Waals surface area contributed by atoms with Crippen molar-refractivity contribution in [3.05, 3.63) is 94.9 Å². The summed E-state index contributed by atoms with van der Waals surface area (Å²) in [5, 5.41) is 0.305. The Morgan fingerprint density at radius 3 is 2.19 bits per heavy atom. The molecule has 0 spiro atoms. The van der Waals surface area contributed by atoms with Gasteiger partial charge in [-0.2, -0.15) is 0 Å². The first kappa shape index (κ1) is 17.2. The van der Waals surface area contributed by atoms with Crippen LogP contribution in [-0.2, 0) is 9.84 Å². The Kier molecular flexibility index (Phi) is 4.12. The SMILES string of the molecule is Cc1cc2c(cn1)c(=O)cc(S(=O)(=O)c1ccccc1)n2-c1ccccc1. The number of pyridine rings is 2. The highest BCUT2D eigenvalue weighted by molar-refractivity contribution is 7.91. The second-order valence-corrected chi connectivity index (χ2v) is 8.07. The van der Waals surface area contributed by atoms with Crippen molar-refractivity contribution in [1.29, 1.82) is 0 Å². The number of sulfone groups is 1. The third-order valence-electron chi connectivity index (χ3n) is 4.34. The smallest absolute Gasteiger partial charge is 0.222 e. The van der Waals surface area contributed by atoms with Crippen LogP contribution >= 0.6 is 0 Å². The molecule has 27 heavy (non-hydrogen) atoms. The van der Waals surface area contributed by atoms with Gasteiger partial charge in [0.15, 0.2) is 5.43 Å². The molecule has 0 aliphatic heterocycles. The molecular formula is C21H16N2O3S. The van der Waals surface area contributed by atoms with Crippen LogP contribution < -0.4 is 5.43 Å². The van der Waals surface area contributed by atoms with Crippen LogP contribution in [0.5, 0.6) is 0 Å². The Bertz CT molecular complexity index is 1300. The number of para-hydroxylation sites is 1. The molecule has 0 bridgehead atoms. The molecule has 5 nitrogen and oxygen atoms in total. The van der Waals surface area contributed by atoms with Gasteiger partial charge in [-0.05, 0) is 37.3 Å². The molecule has 2 aromatic carbocycles.